The molecule has 2 heterocycles. The van der Waals surface area contributed by atoms with Crippen LogP contribution in [0.25, 0.3) is 17.3 Å². The molecule has 0 saturated carbocycles. The minimum absolute atomic E-state index is 0.280. The van der Waals surface area contributed by atoms with Gasteiger partial charge in [-0.1, -0.05) is 25.1 Å². The van der Waals surface area contributed by atoms with Crippen molar-refractivity contribution in [2.75, 3.05) is 6.61 Å². The Labute approximate surface area is 160 Å². The highest BCUT2D eigenvalue weighted by Crippen LogP contribution is 2.32. The van der Waals surface area contributed by atoms with Crippen LogP contribution in [0.5, 0.6) is 0 Å². The normalized spacial score (nSPS) is 12.1. The van der Waals surface area contributed by atoms with E-state index in [0.717, 1.165) is 6.42 Å². The first-order chi connectivity index (χ1) is 13.1. The summed E-state index contributed by atoms with van der Waals surface area (Å²) >= 11 is 1.28. The molecule has 0 aliphatic carbocycles. The van der Waals surface area contributed by atoms with Gasteiger partial charge in [0, 0.05) is 0 Å². The van der Waals surface area contributed by atoms with Gasteiger partial charge in [0.25, 0.3) is 0 Å². The molecule has 0 saturated heterocycles. The smallest absolute Gasteiger partial charge is 0.319 e. The summed E-state index contributed by atoms with van der Waals surface area (Å²) < 4.78 is 25.8. The third-order valence-electron chi connectivity index (χ3n) is 3.81. The minimum Gasteiger partial charge on any atom is -0.465 e. The number of esters is 1. The van der Waals surface area contributed by atoms with Gasteiger partial charge in [-0.3, -0.25) is 9.36 Å². The SMILES string of the molecule is CCCC(Sc1nnc(-c2ccco2)n1-c1ccc(F)cc1)C(=O)OCC. The number of hydrogen-bond acceptors (Lipinski definition) is 6. The second-order valence-electron chi connectivity index (χ2n) is 5.74. The van der Waals surface area contributed by atoms with Crippen molar-refractivity contribution < 1.29 is 18.3 Å². The quantitative estimate of drug-likeness (QED) is 0.418. The van der Waals surface area contributed by atoms with E-state index in [2.05, 4.69) is 10.2 Å². The molecule has 0 aliphatic rings. The van der Waals surface area contributed by atoms with Gasteiger partial charge in [-0.15, -0.1) is 10.2 Å². The highest BCUT2D eigenvalue weighted by Gasteiger charge is 2.26. The van der Waals surface area contributed by atoms with Crippen molar-refractivity contribution in [1.29, 1.82) is 0 Å². The van der Waals surface area contributed by atoms with E-state index in [9.17, 15) is 9.18 Å². The van der Waals surface area contributed by atoms with Crippen LogP contribution in [0.15, 0.2) is 52.2 Å². The van der Waals surface area contributed by atoms with Crippen LogP contribution in [-0.2, 0) is 9.53 Å². The van der Waals surface area contributed by atoms with Gasteiger partial charge in [0.2, 0.25) is 5.82 Å². The van der Waals surface area contributed by atoms with Crippen molar-refractivity contribution in [3.8, 4) is 17.3 Å². The van der Waals surface area contributed by atoms with Gasteiger partial charge in [-0.2, -0.15) is 0 Å². The number of aromatic nitrogens is 3. The lowest BCUT2D eigenvalue weighted by Gasteiger charge is -2.15. The molecular weight excluding hydrogens is 369 g/mol. The predicted octanol–water partition coefficient (Wildman–Crippen LogP) is 4.49. The lowest BCUT2D eigenvalue weighted by Crippen LogP contribution is -2.20. The summed E-state index contributed by atoms with van der Waals surface area (Å²) in [5, 5.41) is 8.59. The van der Waals surface area contributed by atoms with Gasteiger partial charge in [0.15, 0.2) is 10.9 Å². The van der Waals surface area contributed by atoms with Crippen LogP contribution in [0.2, 0.25) is 0 Å². The zero-order valence-corrected chi connectivity index (χ0v) is 15.9. The van der Waals surface area contributed by atoms with E-state index in [1.807, 2.05) is 6.92 Å². The van der Waals surface area contributed by atoms with E-state index in [1.165, 1.54) is 23.9 Å². The second-order valence-corrected chi connectivity index (χ2v) is 6.91. The molecule has 0 radical (unpaired) electrons. The number of nitrogens with zero attached hydrogens (tertiary/aromatic N) is 3. The van der Waals surface area contributed by atoms with Crippen LogP contribution in [0.4, 0.5) is 4.39 Å². The average Bonchev–Trinajstić information content (AvgIpc) is 3.32. The lowest BCUT2D eigenvalue weighted by molar-refractivity contribution is -0.142. The van der Waals surface area contributed by atoms with Gasteiger partial charge < -0.3 is 9.15 Å². The van der Waals surface area contributed by atoms with Gasteiger partial charge in [-0.25, -0.2) is 4.39 Å². The van der Waals surface area contributed by atoms with E-state index >= 15 is 0 Å². The fourth-order valence-corrected chi connectivity index (χ4v) is 3.74. The number of benzene rings is 1. The molecule has 0 N–H and O–H groups in total. The van der Waals surface area contributed by atoms with Crippen molar-refractivity contribution in [2.45, 2.75) is 37.1 Å². The lowest BCUT2D eigenvalue weighted by atomic mass is 10.2. The van der Waals surface area contributed by atoms with Crippen molar-refractivity contribution in [3.05, 3.63) is 48.5 Å². The number of carbonyl (C=O) groups is 1. The number of hydrogen-bond donors (Lipinski definition) is 0. The first kappa shape index (κ1) is 19.2. The largest absolute Gasteiger partial charge is 0.465 e. The van der Waals surface area contributed by atoms with Crippen molar-refractivity contribution >= 4 is 17.7 Å². The molecule has 0 amide bonds. The van der Waals surface area contributed by atoms with E-state index in [4.69, 9.17) is 9.15 Å². The summed E-state index contributed by atoms with van der Waals surface area (Å²) in [6.07, 6.45) is 3.02. The summed E-state index contributed by atoms with van der Waals surface area (Å²) in [6.45, 7) is 4.11. The fourth-order valence-electron chi connectivity index (χ4n) is 2.58. The molecule has 0 fully saturated rings. The Balaban J connectivity index is 2.02. The number of rotatable bonds is 8. The minimum atomic E-state index is -0.400. The monoisotopic (exact) mass is 389 g/mol. The molecule has 6 nitrogen and oxygen atoms in total. The molecule has 1 aromatic carbocycles. The zero-order chi connectivity index (χ0) is 19.2. The molecule has 0 aliphatic heterocycles. The maximum atomic E-state index is 13.4. The molecule has 2 aromatic heterocycles. The predicted molar refractivity (Wildman–Crippen MR) is 100 cm³/mol. The van der Waals surface area contributed by atoms with Gasteiger partial charge >= 0.3 is 5.97 Å². The number of ether oxygens (including phenoxy) is 1. The third kappa shape index (κ3) is 4.39. The second kappa shape index (κ2) is 8.85. The molecule has 1 atom stereocenters. The average molecular weight is 389 g/mol. The van der Waals surface area contributed by atoms with Gasteiger partial charge in [0.1, 0.15) is 11.1 Å². The first-order valence-electron chi connectivity index (χ1n) is 8.72. The number of furan rings is 1. The summed E-state index contributed by atoms with van der Waals surface area (Å²) in [6, 6.07) is 9.52. The maximum Gasteiger partial charge on any atom is 0.319 e. The summed E-state index contributed by atoms with van der Waals surface area (Å²) in [5.41, 5.74) is 0.675. The fraction of sp³-hybridized carbons (Fsp3) is 0.316. The van der Waals surface area contributed by atoms with E-state index < -0.39 is 5.25 Å². The Bertz CT molecular complexity index is 878. The maximum absolute atomic E-state index is 13.4. The van der Waals surface area contributed by atoms with E-state index in [1.54, 1.807) is 42.0 Å². The number of halogens is 1. The Kier molecular flexibility index (Phi) is 6.28. The Morgan fingerprint density at radius 1 is 1.26 bits per heavy atom. The van der Waals surface area contributed by atoms with Gasteiger partial charge in [0.05, 0.1) is 18.6 Å². The third-order valence-corrected chi connectivity index (χ3v) is 5.00. The van der Waals surface area contributed by atoms with Crippen LogP contribution in [0.3, 0.4) is 0 Å². The van der Waals surface area contributed by atoms with Crippen LogP contribution in [-0.4, -0.2) is 32.6 Å². The standard InChI is InChI=1S/C19H20FN3O3S/c1-3-6-16(18(24)25-4-2)27-19-22-21-17(15-7-5-12-26-15)23(19)14-10-8-13(20)9-11-14/h5,7-12,16H,3-4,6H2,1-2H3. The number of thioether (sulfide) groups is 1. The van der Waals surface area contributed by atoms with Crippen LogP contribution >= 0.6 is 11.8 Å². The highest BCUT2D eigenvalue weighted by molar-refractivity contribution is 8.00. The molecular formula is C19H20FN3O3S. The van der Waals surface area contributed by atoms with Crippen molar-refractivity contribution in [1.82, 2.24) is 14.8 Å². The molecule has 142 valence electrons. The van der Waals surface area contributed by atoms with Gasteiger partial charge in [-0.05, 0) is 49.7 Å². The molecule has 27 heavy (non-hydrogen) atoms. The van der Waals surface area contributed by atoms with Crippen molar-refractivity contribution in [3.63, 3.8) is 0 Å². The molecule has 0 spiro atoms. The molecule has 0 bridgehead atoms. The molecule has 1 unspecified atom stereocenters. The molecule has 8 heteroatoms. The Morgan fingerprint density at radius 2 is 2.04 bits per heavy atom. The van der Waals surface area contributed by atoms with E-state index in [0.29, 0.717) is 35.5 Å². The van der Waals surface area contributed by atoms with Crippen LogP contribution in [0, 0.1) is 5.82 Å². The van der Waals surface area contributed by atoms with Crippen LogP contribution < -0.4 is 0 Å². The summed E-state index contributed by atoms with van der Waals surface area (Å²) in [5.74, 6) is 0.392. The van der Waals surface area contributed by atoms with E-state index in [-0.39, 0.29) is 11.8 Å². The number of carbonyl (C=O) groups excluding carboxylic acids is 1. The first-order valence-corrected chi connectivity index (χ1v) is 9.60. The Hall–Kier alpha value is -2.61. The highest BCUT2D eigenvalue weighted by atomic mass is 32.2. The zero-order valence-electron chi connectivity index (χ0n) is 15.1. The summed E-state index contributed by atoms with van der Waals surface area (Å²) in [7, 11) is 0. The summed E-state index contributed by atoms with van der Waals surface area (Å²) in [4.78, 5) is 12.3. The molecule has 3 aromatic rings. The topological polar surface area (TPSA) is 70.2 Å². The molecule has 3 rings (SSSR count). The van der Waals surface area contributed by atoms with Crippen molar-refractivity contribution in [2.24, 2.45) is 0 Å². The Morgan fingerprint density at radius 3 is 2.67 bits per heavy atom. The van der Waals surface area contributed by atoms with Crippen LogP contribution in [0.1, 0.15) is 26.7 Å².